The monoisotopic (exact) mass is 369 g/mol. The number of carbonyl (C=O) groups is 1. The number of rotatable bonds is 9. The van der Waals surface area contributed by atoms with Gasteiger partial charge in [0, 0.05) is 30.1 Å². The van der Waals surface area contributed by atoms with Gasteiger partial charge in [-0.1, -0.05) is 6.07 Å². The molecule has 27 heavy (non-hydrogen) atoms. The number of carbonyl (C=O) groups excluding carboxylic acids is 1. The summed E-state index contributed by atoms with van der Waals surface area (Å²) in [6.07, 6.45) is 5.70. The zero-order valence-electron chi connectivity index (χ0n) is 15.9. The molecule has 3 N–H and O–H groups in total. The molecular formula is C21H27N3O3. The maximum atomic E-state index is 12.7. The summed E-state index contributed by atoms with van der Waals surface area (Å²) < 4.78 is 11.6. The number of hydrogen-bond acceptors (Lipinski definition) is 5. The number of nitrogens with one attached hydrogen (secondary N) is 1. The molecule has 1 aromatic carbocycles. The summed E-state index contributed by atoms with van der Waals surface area (Å²) in [6.45, 7) is 5.20. The molecule has 1 aromatic heterocycles. The van der Waals surface area contributed by atoms with Crippen molar-refractivity contribution in [1.82, 2.24) is 10.3 Å². The summed E-state index contributed by atoms with van der Waals surface area (Å²) in [5.41, 5.74) is 7.04. The fourth-order valence-corrected chi connectivity index (χ4v) is 3.05. The van der Waals surface area contributed by atoms with Crippen LogP contribution in [0.3, 0.4) is 0 Å². The molecule has 6 nitrogen and oxygen atoms in total. The molecule has 1 atom stereocenters. The smallest absolute Gasteiger partial charge is 0.251 e. The van der Waals surface area contributed by atoms with Crippen molar-refractivity contribution in [2.24, 2.45) is 11.7 Å². The lowest BCUT2D eigenvalue weighted by Gasteiger charge is -2.29. The van der Waals surface area contributed by atoms with Crippen molar-refractivity contribution in [3.63, 3.8) is 0 Å². The summed E-state index contributed by atoms with van der Waals surface area (Å²) in [5.74, 6) is 1.46. The van der Waals surface area contributed by atoms with E-state index in [1.807, 2.05) is 26.0 Å². The van der Waals surface area contributed by atoms with Gasteiger partial charge in [0.1, 0.15) is 6.61 Å². The van der Waals surface area contributed by atoms with Crippen molar-refractivity contribution in [3.05, 3.63) is 53.9 Å². The molecule has 144 valence electrons. The second-order valence-electron chi connectivity index (χ2n) is 7.09. The number of nitrogens with two attached hydrogens (primary N) is 1. The van der Waals surface area contributed by atoms with Crippen LogP contribution in [-0.4, -0.2) is 29.6 Å². The quantitative estimate of drug-likeness (QED) is 0.710. The van der Waals surface area contributed by atoms with E-state index in [2.05, 4.69) is 10.3 Å². The van der Waals surface area contributed by atoms with Crippen LogP contribution < -0.4 is 20.5 Å². The van der Waals surface area contributed by atoms with Crippen LogP contribution in [0.25, 0.3) is 0 Å². The Kier molecular flexibility index (Phi) is 5.96. The van der Waals surface area contributed by atoms with Gasteiger partial charge in [-0.25, -0.2) is 0 Å². The molecule has 0 radical (unpaired) electrons. The van der Waals surface area contributed by atoms with Crippen molar-refractivity contribution in [3.8, 4) is 11.5 Å². The number of aromatic nitrogens is 1. The van der Waals surface area contributed by atoms with Crippen LogP contribution in [0.2, 0.25) is 0 Å². The molecule has 1 saturated carbocycles. The summed E-state index contributed by atoms with van der Waals surface area (Å²) in [6, 6.07) is 9.05. The topological polar surface area (TPSA) is 86.5 Å². The maximum absolute atomic E-state index is 12.7. The predicted molar refractivity (Wildman–Crippen MR) is 104 cm³/mol. The van der Waals surface area contributed by atoms with Crippen LogP contribution in [0.1, 0.15) is 42.6 Å². The van der Waals surface area contributed by atoms with Gasteiger partial charge in [-0.2, -0.15) is 0 Å². The van der Waals surface area contributed by atoms with E-state index in [9.17, 15) is 4.79 Å². The van der Waals surface area contributed by atoms with Gasteiger partial charge < -0.3 is 20.5 Å². The van der Waals surface area contributed by atoms with Gasteiger partial charge in [-0.05, 0) is 56.9 Å². The summed E-state index contributed by atoms with van der Waals surface area (Å²) in [4.78, 5) is 16.8. The van der Waals surface area contributed by atoms with E-state index >= 15 is 0 Å². The first-order chi connectivity index (χ1) is 13.1. The van der Waals surface area contributed by atoms with Crippen molar-refractivity contribution in [1.29, 1.82) is 0 Å². The zero-order valence-corrected chi connectivity index (χ0v) is 15.9. The number of pyridine rings is 1. The van der Waals surface area contributed by atoms with E-state index < -0.39 is 0 Å². The van der Waals surface area contributed by atoms with Crippen LogP contribution in [0, 0.1) is 5.92 Å². The van der Waals surface area contributed by atoms with Crippen molar-refractivity contribution in [2.45, 2.75) is 38.8 Å². The van der Waals surface area contributed by atoms with E-state index in [1.54, 1.807) is 30.6 Å². The Morgan fingerprint density at radius 1 is 1.30 bits per heavy atom. The molecule has 1 aliphatic carbocycles. The van der Waals surface area contributed by atoms with E-state index in [4.69, 9.17) is 15.2 Å². The zero-order chi connectivity index (χ0) is 19.3. The largest absolute Gasteiger partial charge is 0.490 e. The Morgan fingerprint density at radius 3 is 2.74 bits per heavy atom. The molecule has 1 heterocycles. The van der Waals surface area contributed by atoms with Gasteiger partial charge in [0.05, 0.1) is 12.1 Å². The van der Waals surface area contributed by atoms with Gasteiger partial charge >= 0.3 is 0 Å². The summed E-state index contributed by atoms with van der Waals surface area (Å²) in [7, 11) is 0. The number of nitrogens with zero attached hydrogens (tertiary/aromatic N) is 1. The molecule has 6 heteroatoms. The first-order valence-electron chi connectivity index (χ1n) is 9.37. The first kappa shape index (κ1) is 19.2. The van der Waals surface area contributed by atoms with Crippen LogP contribution in [0.15, 0.2) is 42.7 Å². The van der Waals surface area contributed by atoms with Crippen LogP contribution in [0.4, 0.5) is 0 Å². The lowest BCUT2D eigenvalue weighted by atomic mass is 9.95. The normalized spacial score (nSPS) is 15.7. The SMILES string of the molecule is CCOc1cc(C(=O)NC(C)(CN)C2CC2)ccc1OCc1cccnc1. The number of ether oxygens (including phenoxy) is 2. The van der Waals surface area contributed by atoms with E-state index in [1.165, 1.54) is 0 Å². The lowest BCUT2D eigenvalue weighted by Crippen LogP contribution is -2.53. The molecule has 0 spiro atoms. The predicted octanol–water partition coefficient (Wildman–Crippen LogP) is 2.92. The van der Waals surface area contributed by atoms with Crippen molar-refractivity contribution < 1.29 is 14.3 Å². The third kappa shape index (κ3) is 4.77. The van der Waals surface area contributed by atoms with E-state index in [-0.39, 0.29) is 11.4 Å². The van der Waals surface area contributed by atoms with Gasteiger partial charge in [0.15, 0.2) is 11.5 Å². The fraction of sp³-hybridized carbons (Fsp3) is 0.429. The lowest BCUT2D eigenvalue weighted by molar-refractivity contribution is 0.0897. The molecule has 3 rings (SSSR count). The van der Waals surface area contributed by atoms with E-state index in [0.29, 0.717) is 42.7 Å². The highest BCUT2D eigenvalue weighted by Crippen LogP contribution is 2.39. The van der Waals surface area contributed by atoms with Crippen LogP contribution in [0.5, 0.6) is 11.5 Å². The Balaban J connectivity index is 1.73. The molecule has 1 fully saturated rings. The van der Waals surface area contributed by atoms with Gasteiger partial charge in [0.25, 0.3) is 5.91 Å². The number of benzene rings is 1. The third-order valence-electron chi connectivity index (χ3n) is 4.92. The van der Waals surface area contributed by atoms with Crippen LogP contribution >= 0.6 is 0 Å². The van der Waals surface area contributed by atoms with Crippen LogP contribution in [-0.2, 0) is 6.61 Å². The first-order valence-corrected chi connectivity index (χ1v) is 9.37. The van der Waals surface area contributed by atoms with Gasteiger partial charge in [-0.3, -0.25) is 9.78 Å². The molecule has 0 bridgehead atoms. The van der Waals surface area contributed by atoms with Crippen molar-refractivity contribution >= 4 is 5.91 Å². The molecule has 2 aromatic rings. The molecule has 0 aliphatic heterocycles. The number of hydrogen-bond donors (Lipinski definition) is 2. The molecule has 1 amide bonds. The molecule has 0 saturated heterocycles. The maximum Gasteiger partial charge on any atom is 0.251 e. The highest BCUT2D eigenvalue weighted by molar-refractivity contribution is 5.95. The Hall–Kier alpha value is -2.60. The Labute approximate surface area is 160 Å². The fourth-order valence-electron chi connectivity index (χ4n) is 3.05. The minimum absolute atomic E-state index is 0.144. The molecular weight excluding hydrogens is 342 g/mol. The van der Waals surface area contributed by atoms with Crippen molar-refractivity contribution in [2.75, 3.05) is 13.2 Å². The third-order valence-corrected chi connectivity index (χ3v) is 4.92. The highest BCUT2D eigenvalue weighted by Gasteiger charge is 2.41. The Morgan fingerprint density at radius 2 is 2.11 bits per heavy atom. The Bertz CT molecular complexity index is 777. The molecule has 1 aliphatic rings. The molecule has 1 unspecified atom stereocenters. The van der Waals surface area contributed by atoms with E-state index in [0.717, 1.165) is 18.4 Å². The second kappa shape index (κ2) is 8.39. The second-order valence-corrected chi connectivity index (χ2v) is 7.09. The van der Waals surface area contributed by atoms with Gasteiger partial charge in [0.2, 0.25) is 0 Å². The van der Waals surface area contributed by atoms with Gasteiger partial charge in [-0.15, -0.1) is 0 Å². The number of amides is 1. The minimum Gasteiger partial charge on any atom is -0.490 e. The summed E-state index contributed by atoms with van der Waals surface area (Å²) in [5, 5.41) is 3.10. The minimum atomic E-state index is -0.363. The summed E-state index contributed by atoms with van der Waals surface area (Å²) >= 11 is 0. The highest BCUT2D eigenvalue weighted by atomic mass is 16.5. The standard InChI is InChI=1S/C21H27N3O3/c1-3-26-19-11-16(20(25)24-21(2,14-22)17-7-8-17)6-9-18(19)27-13-15-5-4-10-23-12-15/h4-6,9-12,17H,3,7-8,13-14,22H2,1-2H3,(H,24,25). The average molecular weight is 369 g/mol. The average Bonchev–Trinajstić information content (AvgIpc) is 3.53.